The fourth-order valence-electron chi connectivity index (χ4n) is 5.54. The van der Waals surface area contributed by atoms with Gasteiger partial charge < -0.3 is 0 Å². The number of rotatable bonds is 2. The van der Waals surface area contributed by atoms with E-state index in [2.05, 4.69) is 135 Å². The number of hydrogen-bond donors (Lipinski definition) is 0. The lowest BCUT2D eigenvalue weighted by atomic mass is 9.82. The van der Waals surface area contributed by atoms with E-state index in [4.69, 9.17) is 0 Å². The molecule has 1 aliphatic carbocycles. The van der Waals surface area contributed by atoms with Crippen molar-refractivity contribution in [2.45, 2.75) is 34.1 Å². The first-order chi connectivity index (χ1) is 18.3. The highest BCUT2D eigenvalue weighted by atomic mass is 14.3. The Balaban J connectivity index is 0.000000525. The number of benzene rings is 6. The lowest BCUT2D eigenvalue weighted by Crippen LogP contribution is -1.93. The van der Waals surface area contributed by atoms with Crippen LogP contribution >= 0.6 is 0 Å². The van der Waals surface area contributed by atoms with Gasteiger partial charge in [0.15, 0.2) is 0 Å². The average Bonchev–Trinajstić information content (AvgIpc) is 3.30. The average molecular weight is 479 g/mol. The highest BCUT2D eigenvalue weighted by Crippen LogP contribution is 2.57. The molecule has 0 saturated heterocycles. The first-order valence-corrected chi connectivity index (χ1v) is 13.6. The van der Waals surface area contributed by atoms with Crippen LogP contribution in [0.25, 0.3) is 66.1 Å². The summed E-state index contributed by atoms with van der Waals surface area (Å²) < 4.78 is 0. The Morgan fingerprint density at radius 1 is 0.405 bits per heavy atom. The molecule has 0 spiro atoms. The largest absolute Gasteiger partial charge is 0.0683 e. The van der Waals surface area contributed by atoms with Gasteiger partial charge in [0.1, 0.15) is 0 Å². The molecule has 0 radical (unpaired) electrons. The third-order valence-corrected chi connectivity index (χ3v) is 6.78. The Bertz CT molecular complexity index is 1540. The van der Waals surface area contributed by atoms with Crippen LogP contribution in [0.3, 0.4) is 0 Å². The molecule has 0 nitrogen and oxygen atoms in total. The Kier molecular flexibility index (Phi) is 7.19. The molecule has 0 saturated carbocycles. The van der Waals surface area contributed by atoms with Gasteiger partial charge in [0.05, 0.1) is 0 Å². The molecule has 182 valence electrons. The first-order valence-electron chi connectivity index (χ1n) is 13.6. The zero-order valence-electron chi connectivity index (χ0n) is 22.3. The summed E-state index contributed by atoms with van der Waals surface area (Å²) in [5.74, 6) is 0. The van der Waals surface area contributed by atoms with E-state index in [-0.39, 0.29) is 0 Å². The maximum atomic E-state index is 2.30. The summed E-state index contributed by atoms with van der Waals surface area (Å²) in [7, 11) is 0. The SMILES string of the molecule is CC.CCC.c1ccc(-c2c3c(c(-c4ccccc4)c4ccccc24)-c2cccc4cccc-3c24)cc1. The maximum Gasteiger partial charge on any atom is -0.000742 e. The summed E-state index contributed by atoms with van der Waals surface area (Å²) in [5.41, 5.74) is 10.6. The smallest absolute Gasteiger partial charge is 0.000742 e. The molecule has 37 heavy (non-hydrogen) atoms. The second kappa shape index (κ2) is 10.8. The van der Waals surface area contributed by atoms with Crippen molar-refractivity contribution < 1.29 is 0 Å². The third kappa shape index (κ3) is 4.13. The lowest BCUT2D eigenvalue weighted by Gasteiger charge is -2.20. The Labute approximate surface area is 221 Å². The van der Waals surface area contributed by atoms with E-state index in [1.165, 1.54) is 72.5 Å². The van der Waals surface area contributed by atoms with Crippen LogP contribution in [0.5, 0.6) is 0 Å². The summed E-state index contributed by atoms with van der Waals surface area (Å²) >= 11 is 0. The maximum absolute atomic E-state index is 2.30. The molecule has 0 N–H and O–H groups in total. The van der Waals surface area contributed by atoms with Crippen molar-refractivity contribution in [2.24, 2.45) is 0 Å². The predicted molar refractivity (Wildman–Crippen MR) is 164 cm³/mol. The Morgan fingerprint density at radius 3 is 1.19 bits per heavy atom. The van der Waals surface area contributed by atoms with Crippen molar-refractivity contribution in [1.29, 1.82) is 0 Å². The van der Waals surface area contributed by atoms with E-state index in [1.54, 1.807) is 0 Å². The van der Waals surface area contributed by atoms with Crippen LogP contribution in [0.2, 0.25) is 0 Å². The van der Waals surface area contributed by atoms with Gasteiger partial charge in [-0.1, -0.05) is 155 Å². The van der Waals surface area contributed by atoms with Crippen LogP contribution in [-0.4, -0.2) is 0 Å². The fraction of sp³-hybridized carbons (Fsp3) is 0.135. The van der Waals surface area contributed by atoms with Gasteiger partial charge in [0, 0.05) is 0 Å². The van der Waals surface area contributed by atoms with Crippen LogP contribution in [-0.2, 0) is 0 Å². The van der Waals surface area contributed by atoms with Crippen LogP contribution in [0.1, 0.15) is 34.1 Å². The molecule has 0 heteroatoms. The molecule has 0 heterocycles. The van der Waals surface area contributed by atoms with Crippen molar-refractivity contribution in [1.82, 2.24) is 0 Å². The molecule has 6 aromatic rings. The van der Waals surface area contributed by atoms with Crippen molar-refractivity contribution in [2.75, 3.05) is 0 Å². The summed E-state index contributed by atoms with van der Waals surface area (Å²) in [6.45, 7) is 8.25. The number of fused-ring (bicyclic) bond motifs is 4. The standard InChI is InChI=1S/C32H20.C3H8.C2H6/c1-3-11-22(12-4-1)29-24-17-7-8-18-25(24)30(23-13-5-2-6-14-23)32-27-20-10-16-21-15-9-19-26(28(21)27)31(29)32;1-3-2;1-2/h1-20H;3H2,1-2H3;1-2H3. The summed E-state index contributed by atoms with van der Waals surface area (Å²) in [6.07, 6.45) is 1.25. The van der Waals surface area contributed by atoms with E-state index < -0.39 is 0 Å². The molecule has 6 aromatic carbocycles. The first kappa shape index (κ1) is 24.5. The minimum atomic E-state index is 1.25. The van der Waals surface area contributed by atoms with Crippen molar-refractivity contribution in [3.63, 3.8) is 0 Å². The molecule has 0 bridgehead atoms. The highest BCUT2D eigenvalue weighted by Gasteiger charge is 2.29. The summed E-state index contributed by atoms with van der Waals surface area (Å²) in [6, 6.07) is 44.1. The minimum Gasteiger partial charge on any atom is -0.0683 e. The topological polar surface area (TPSA) is 0 Å². The summed E-state index contributed by atoms with van der Waals surface area (Å²) in [4.78, 5) is 0. The van der Waals surface area contributed by atoms with E-state index in [0.29, 0.717) is 0 Å². The van der Waals surface area contributed by atoms with Crippen LogP contribution in [0, 0.1) is 0 Å². The zero-order chi connectivity index (χ0) is 25.8. The van der Waals surface area contributed by atoms with E-state index in [0.717, 1.165) is 0 Å². The fourth-order valence-corrected chi connectivity index (χ4v) is 5.54. The molecular weight excluding hydrogens is 444 g/mol. The van der Waals surface area contributed by atoms with Crippen molar-refractivity contribution in [3.05, 3.63) is 121 Å². The minimum absolute atomic E-state index is 1.25. The molecule has 7 rings (SSSR count). The van der Waals surface area contributed by atoms with E-state index >= 15 is 0 Å². The van der Waals surface area contributed by atoms with Gasteiger partial charge in [-0.25, -0.2) is 0 Å². The Hall–Kier alpha value is -4.16. The normalized spacial score (nSPS) is 10.8. The van der Waals surface area contributed by atoms with Gasteiger partial charge in [-0.2, -0.15) is 0 Å². The summed E-state index contributed by atoms with van der Waals surface area (Å²) in [5, 5.41) is 5.29. The zero-order valence-corrected chi connectivity index (χ0v) is 22.3. The molecule has 0 aliphatic heterocycles. The van der Waals surface area contributed by atoms with Crippen LogP contribution < -0.4 is 0 Å². The second-order valence-electron chi connectivity index (χ2n) is 9.19. The van der Waals surface area contributed by atoms with Crippen molar-refractivity contribution in [3.8, 4) is 44.5 Å². The molecular formula is C37H34. The van der Waals surface area contributed by atoms with Crippen LogP contribution in [0.15, 0.2) is 121 Å². The second-order valence-corrected chi connectivity index (χ2v) is 9.19. The van der Waals surface area contributed by atoms with E-state index in [1.807, 2.05) is 13.8 Å². The molecule has 0 amide bonds. The quantitative estimate of drug-likeness (QED) is 0.232. The highest BCUT2D eigenvalue weighted by molar-refractivity contribution is 6.27. The van der Waals surface area contributed by atoms with Gasteiger partial charge in [-0.05, 0) is 66.1 Å². The molecule has 0 fully saturated rings. The molecule has 1 aliphatic rings. The van der Waals surface area contributed by atoms with Crippen LogP contribution in [0.4, 0.5) is 0 Å². The van der Waals surface area contributed by atoms with Gasteiger partial charge in [0.25, 0.3) is 0 Å². The van der Waals surface area contributed by atoms with E-state index in [9.17, 15) is 0 Å². The van der Waals surface area contributed by atoms with Gasteiger partial charge in [0.2, 0.25) is 0 Å². The third-order valence-electron chi connectivity index (χ3n) is 6.78. The molecule has 0 unspecified atom stereocenters. The molecule has 0 aromatic heterocycles. The van der Waals surface area contributed by atoms with Gasteiger partial charge >= 0.3 is 0 Å². The van der Waals surface area contributed by atoms with Gasteiger partial charge in [-0.15, -0.1) is 0 Å². The lowest BCUT2D eigenvalue weighted by molar-refractivity contribution is 1.09. The predicted octanol–water partition coefficient (Wildman–Crippen LogP) is 11.4. The van der Waals surface area contributed by atoms with Gasteiger partial charge in [-0.3, -0.25) is 0 Å². The number of hydrogen-bond acceptors (Lipinski definition) is 0. The molecule has 0 atom stereocenters. The van der Waals surface area contributed by atoms with Crippen molar-refractivity contribution >= 4 is 21.5 Å². The Morgan fingerprint density at radius 2 is 0.784 bits per heavy atom. The monoisotopic (exact) mass is 478 g/mol.